The quantitative estimate of drug-likeness (QED) is 0.740. The molecule has 0 aliphatic heterocycles. The van der Waals surface area contributed by atoms with E-state index in [1.54, 1.807) is 0 Å². The molecule has 0 bridgehead atoms. The number of nitrogens with one attached hydrogen (secondary N) is 1. The number of halogens is 2. The van der Waals surface area contributed by atoms with Crippen LogP contribution in [0.2, 0.25) is 0 Å². The standard InChI is InChI=1S/C10H13F2N3O4/c1-5(14-10(17)18)4-19-7-2-6(13)3-15(8(7)16)9(11)12/h2-3,5,9,14H,4,13H2,1H3,(H,17,18)/t5-/m1/s1. The summed E-state index contributed by atoms with van der Waals surface area (Å²) in [6, 6.07) is 0.493. The van der Waals surface area contributed by atoms with Gasteiger partial charge >= 0.3 is 12.6 Å². The van der Waals surface area contributed by atoms with Crippen LogP contribution >= 0.6 is 0 Å². The summed E-state index contributed by atoms with van der Waals surface area (Å²) in [7, 11) is 0. The maximum atomic E-state index is 12.5. The first kappa shape index (κ1) is 14.7. The molecule has 0 aliphatic rings. The molecule has 0 radical (unpaired) electrons. The van der Waals surface area contributed by atoms with Crippen LogP contribution in [0.1, 0.15) is 13.5 Å². The van der Waals surface area contributed by atoms with Crippen LogP contribution in [0.3, 0.4) is 0 Å². The molecule has 9 heteroatoms. The molecule has 106 valence electrons. The van der Waals surface area contributed by atoms with Crippen molar-refractivity contribution in [2.75, 3.05) is 12.3 Å². The smallest absolute Gasteiger partial charge is 0.404 e. The van der Waals surface area contributed by atoms with Crippen LogP contribution in [0.5, 0.6) is 5.75 Å². The van der Waals surface area contributed by atoms with Gasteiger partial charge in [-0.25, -0.2) is 4.79 Å². The molecule has 0 fully saturated rings. The van der Waals surface area contributed by atoms with Crippen LogP contribution in [-0.4, -0.2) is 28.4 Å². The summed E-state index contributed by atoms with van der Waals surface area (Å²) in [6.07, 6.45) is -0.452. The number of hydrogen-bond acceptors (Lipinski definition) is 4. The SMILES string of the molecule is C[C@H](COc1cc(N)cn(C(F)F)c1=O)NC(=O)O. The van der Waals surface area contributed by atoms with Gasteiger partial charge in [-0.05, 0) is 6.92 Å². The van der Waals surface area contributed by atoms with Crippen molar-refractivity contribution in [2.24, 2.45) is 0 Å². The highest BCUT2D eigenvalue weighted by Gasteiger charge is 2.14. The third kappa shape index (κ3) is 4.12. The molecule has 0 spiro atoms. The number of pyridine rings is 1. The van der Waals surface area contributed by atoms with E-state index < -0.39 is 24.2 Å². The van der Waals surface area contributed by atoms with Crippen molar-refractivity contribution in [2.45, 2.75) is 19.5 Å². The molecule has 19 heavy (non-hydrogen) atoms. The van der Waals surface area contributed by atoms with Gasteiger partial charge < -0.3 is 20.9 Å². The molecular formula is C10H13F2N3O4. The highest BCUT2D eigenvalue weighted by Crippen LogP contribution is 2.14. The maximum Gasteiger partial charge on any atom is 0.404 e. The molecule has 1 aromatic heterocycles. The summed E-state index contributed by atoms with van der Waals surface area (Å²) in [5.74, 6) is -0.362. The van der Waals surface area contributed by atoms with Gasteiger partial charge in [0.05, 0.1) is 11.7 Å². The minimum absolute atomic E-state index is 0.0613. The van der Waals surface area contributed by atoms with E-state index in [0.29, 0.717) is 0 Å². The molecule has 7 nitrogen and oxygen atoms in total. The zero-order valence-corrected chi connectivity index (χ0v) is 9.97. The molecule has 0 saturated carbocycles. The number of ether oxygens (including phenoxy) is 1. The Bertz CT molecular complexity index is 518. The summed E-state index contributed by atoms with van der Waals surface area (Å²) in [6.45, 7) is -1.73. The average molecular weight is 277 g/mol. The molecule has 1 heterocycles. The first-order valence-corrected chi connectivity index (χ1v) is 5.23. The van der Waals surface area contributed by atoms with Gasteiger partial charge in [0.25, 0.3) is 5.56 Å². The van der Waals surface area contributed by atoms with E-state index in [4.69, 9.17) is 15.6 Å². The number of nitrogens with two attached hydrogens (primary N) is 1. The zero-order valence-electron chi connectivity index (χ0n) is 9.97. The number of carboxylic acid groups (broad SMARTS) is 1. The predicted octanol–water partition coefficient (Wildman–Crippen LogP) is 0.861. The monoisotopic (exact) mass is 277 g/mol. The fraction of sp³-hybridized carbons (Fsp3) is 0.400. The fourth-order valence-electron chi connectivity index (χ4n) is 1.31. The Balaban J connectivity index is 2.84. The van der Waals surface area contributed by atoms with Crippen molar-refractivity contribution >= 4 is 11.8 Å². The van der Waals surface area contributed by atoms with E-state index in [0.717, 1.165) is 12.3 Å². The van der Waals surface area contributed by atoms with E-state index in [1.165, 1.54) is 6.92 Å². The van der Waals surface area contributed by atoms with Gasteiger partial charge in [-0.3, -0.25) is 9.36 Å². The normalized spacial score (nSPS) is 12.2. The van der Waals surface area contributed by atoms with Crippen molar-refractivity contribution in [1.82, 2.24) is 9.88 Å². The van der Waals surface area contributed by atoms with E-state index in [2.05, 4.69) is 5.32 Å². The molecule has 0 aromatic carbocycles. The second-order valence-electron chi connectivity index (χ2n) is 3.79. The minimum atomic E-state index is -3.03. The number of amides is 1. The van der Waals surface area contributed by atoms with E-state index in [9.17, 15) is 18.4 Å². The fourth-order valence-corrected chi connectivity index (χ4v) is 1.31. The van der Waals surface area contributed by atoms with Gasteiger partial charge in [-0.15, -0.1) is 0 Å². The summed E-state index contributed by atoms with van der Waals surface area (Å²) >= 11 is 0. The Kier molecular flexibility index (Phi) is 4.67. The molecule has 0 saturated heterocycles. The molecule has 0 aliphatic carbocycles. The van der Waals surface area contributed by atoms with Crippen molar-refractivity contribution in [1.29, 1.82) is 0 Å². The Morgan fingerprint density at radius 3 is 2.79 bits per heavy atom. The predicted molar refractivity (Wildman–Crippen MR) is 62.5 cm³/mol. The van der Waals surface area contributed by atoms with Gasteiger partial charge in [-0.1, -0.05) is 0 Å². The molecule has 4 N–H and O–H groups in total. The Labute approximate surface area is 106 Å². The second-order valence-corrected chi connectivity index (χ2v) is 3.79. The van der Waals surface area contributed by atoms with Crippen molar-refractivity contribution in [3.63, 3.8) is 0 Å². The Hall–Kier alpha value is -2.32. The first-order chi connectivity index (χ1) is 8.81. The topological polar surface area (TPSA) is 107 Å². The summed E-state index contributed by atoms with van der Waals surface area (Å²) in [4.78, 5) is 21.9. The maximum absolute atomic E-state index is 12.5. The molecule has 1 atom stereocenters. The number of hydrogen-bond donors (Lipinski definition) is 3. The average Bonchev–Trinajstić information content (AvgIpc) is 2.28. The van der Waals surface area contributed by atoms with Crippen molar-refractivity contribution in [3.05, 3.63) is 22.6 Å². The van der Waals surface area contributed by atoms with Crippen LogP contribution in [0, 0.1) is 0 Å². The number of nitrogens with zero attached hydrogens (tertiary/aromatic N) is 1. The number of rotatable bonds is 5. The Morgan fingerprint density at radius 2 is 2.26 bits per heavy atom. The number of carbonyl (C=O) groups is 1. The van der Waals surface area contributed by atoms with Gasteiger partial charge in [0.1, 0.15) is 6.61 Å². The van der Waals surface area contributed by atoms with Gasteiger partial charge in [0, 0.05) is 12.3 Å². The largest absolute Gasteiger partial charge is 0.486 e. The highest BCUT2D eigenvalue weighted by molar-refractivity contribution is 5.64. The minimum Gasteiger partial charge on any atom is -0.486 e. The number of nitrogen functional groups attached to an aromatic ring is 1. The van der Waals surface area contributed by atoms with Crippen molar-refractivity contribution in [3.8, 4) is 5.75 Å². The summed E-state index contributed by atoms with van der Waals surface area (Å²) in [5.41, 5.74) is 4.27. The lowest BCUT2D eigenvalue weighted by atomic mass is 10.3. The second kappa shape index (κ2) is 6.03. The third-order valence-corrected chi connectivity index (χ3v) is 2.10. The lowest BCUT2D eigenvalue weighted by molar-refractivity contribution is 0.0651. The van der Waals surface area contributed by atoms with E-state index in [1.807, 2.05) is 0 Å². The van der Waals surface area contributed by atoms with E-state index >= 15 is 0 Å². The van der Waals surface area contributed by atoms with Crippen molar-refractivity contribution < 1.29 is 23.4 Å². The Morgan fingerprint density at radius 1 is 1.63 bits per heavy atom. The lowest BCUT2D eigenvalue weighted by Crippen LogP contribution is -2.36. The van der Waals surface area contributed by atoms with E-state index in [-0.39, 0.29) is 22.6 Å². The molecule has 1 rings (SSSR count). The summed E-state index contributed by atoms with van der Waals surface area (Å²) < 4.78 is 30.2. The number of anilines is 1. The molecular weight excluding hydrogens is 264 g/mol. The number of alkyl halides is 2. The number of aromatic nitrogens is 1. The summed E-state index contributed by atoms with van der Waals surface area (Å²) in [5, 5.41) is 10.5. The third-order valence-electron chi connectivity index (χ3n) is 2.10. The van der Waals surface area contributed by atoms with Crippen LogP contribution in [0.15, 0.2) is 17.1 Å². The van der Waals surface area contributed by atoms with Crippen LogP contribution in [0.4, 0.5) is 19.3 Å². The molecule has 0 unspecified atom stereocenters. The highest BCUT2D eigenvalue weighted by atomic mass is 19.3. The van der Waals surface area contributed by atoms with Crippen LogP contribution in [0.25, 0.3) is 0 Å². The molecule has 1 aromatic rings. The zero-order chi connectivity index (χ0) is 14.6. The lowest BCUT2D eigenvalue weighted by Gasteiger charge is -2.14. The van der Waals surface area contributed by atoms with Crippen LogP contribution in [-0.2, 0) is 0 Å². The van der Waals surface area contributed by atoms with Gasteiger partial charge in [0.15, 0.2) is 5.75 Å². The van der Waals surface area contributed by atoms with Gasteiger partial charge in [-0.2, -0.15) is 8.78 Å². The first-order valence-electron chi connectivity index (χ1n) is 5.23. The van der Waals surface area contributed by atoms with Crippen LogP contribution < -0.4 is 21.3 Å². The van der Waals surface area contributed by atoms with Gasteiger partial charge in [0.2, 0.25) is 0 Å². The molecule has 1 amide bonds.